The lowest BCUT2D eigenvalue weighted by molar-refractivity contribution is -0.0506. The van der Waals surface area contributed by atoms with Gasteiger partial charge in [-0.25, -0.2) is 0 Å². The Labute approximate surface area is 81.1 Å². The van der Waals surface area contributed by atoms with Crippen LogP contribution in [0.15, 0.2) is 24.3 Å². The zero-order chi connectivity index (χ0) is 10.6. The van der Waals surface area contributed by atoms with Gasteiger partial charge in [-0.05, 0) is 18.6 Å². The quantitative estimate of drug-likeness (QED) is 0.811. The van der Waals surface area contributed by atoms with Gasteiger partial charge >= 0.3 is 6.61 Å². The first-order valence-electron chi connectivity index (χ1n) is 4.30. The van der Waals surface area contributed by atoms with E-state index in [1.54, 1.807) is 25.1 Å². The second-order valence-corrected chi connectivity index (χ2v) is 3.04. The molecule has 78 valence electrons. The molecule has 4 heteroatoms. The lowest BCUT2D eigenvalue weighted by Gasteiger charge is -2.11. The molecule has 0 aromatic heterocycles. The highest BCUT2D eigenvalue weighted by molar-refractivity contribution is 5.33. The minimum atomic E-state index is -2.83. The second-order valence-electron chi connectivity index (χ2n) is 3.04. The maximum Gasteiger partial charge on any atom is 0.387 e. The Bertz CT molecular complexity index is 258. The topological polar surface area (TPSA) is 29.5 Å². The van der Waals surface area contributed by atoms with E-state index in [2.05, 4.69) is 4.74 Å². The maximum atomic E-state index is 12.0. The molecule has 1 N–H and O–H groups in total. The first-order valence-corrected chi connectivity index (χ1v) is 4.30. The van der Waals surface area contributed by atoms with Crippen molar-refractivity contribution in [3.63, 3.8) is 0 Å². The lowest BCUT2D eigenvalue weighted by Crippen LogP contribution is -2.09. The van der Waals surface area contributed by atoms with Crippen molar-refractivity contribution in [1.82, 2.24) is 0 Å². The molecular weight excluding hydrogens is 190 g/mol. The molecule has 0 aliphatic heterocycles. The lowest BCUT2D eigenvalue weighted by atomic mass is 10.1. The van der Waals surface area contributed by atoms with E-state index >= 15 is 0 Å². The van der Waals surface area contributed by atoms with Crippen LogP contribution in [0.4, 0.5) is 8.78 Å². The van der Waals surface area contributed by atoms with Crippen LogP contribution in [0.3, 0.4) is 0 Å². The van der Waals surface area contributed by atoms with Crippen LogP contribution in [-0.4, -0.2) is 17.8 Å². The molecule has 14 heavy (non-hydrogen) atoms. The van der Waals surface area contributed by atoms with E-state index in [0.717, 1.165) is 0 Å². The summed E-state index contributed by atoms with van der Waals surface area (Å²) in [5.41, 5.74) is 0.586. The summed E-state index contributed by atoms with van der Waals surface area (Å²) in [5.74, 6) is 0.128. The van der Waals surface area contributed by atoms with Gasteiger partial charge in [0.1, 0.15) is 5.75 Å². The summed E-state index contributed by atoms with van der Waals surface area (Å²) in [6.45, 7) is -1.23. The molecule has 0 radical (unpaired) electrons. The zero-order valence-electron chi connectivity index (χ0n) is 7.78. The molecule has 0 spiro atoms. The summed E-state index contributed by atoms with van der Waals surface area (Å²) >= 11 is 0. The van der Waals surface area contributed by atoms with E-state index in [9.17, 15) is 8.78 Å². The summed E-state index contributed by atoms with van der Waals surface area (Å²) in [5, 5.41) is 9.12. The number of benzene rings is 1. The van der Waals surface area contributed by atoms with Gasteiger partial charge in [-0.3, -0.25) is 0 Å². The zero-order valence-corrected chi connectivity index (χ0v) is 7.78. The highest BCUT2D eigenvalue weighted by Gasteiger charge is 2.10. The normalized spacial score (nSPS) is 12.9. The van der Waals surface area contributed by atoms with Crippen molar-refractivity contribution in [1.29, 1.82) is 0 Å². The number of alkyl halides is 2. The summed E-state index contributed by atoms with van der Waals surface area (Å²) in [7, 11) is 0. The molecule has 2 nitrogen and oxygen atoms in total. The highest BCUT2D eigenvalue weighted by atomic mass is 19.3. The monoisotopic (exact) mass is 202 g/mol. The average molecular weight is 202 g/mol. The Hall–Kier alpha value is -1.16. The molecule has 0 heterocycles. The Balaban J connectivity index is 2.80. The minimum Gasteiger partial charge on any atom is -0.435 e. The predicted molar refractivity (Wildman–Crippen MR) is 48.5 cm³/mol. The van der Waals surface area contributed by atoms with Gasteiger partial charge in [0.05, 0.1) is 6.10 Å². The maximum absolute atomic E-state index is 12.0. The second kappa shape index (κ2) is 4.91. The van der Waals surface area contributed by atoms with Gasteiger partial charge in [0.15, 0.2) is 0 Å². The van der Waals surface area contributed by atoms with E-state index in [1.165, 1.54) is 6.07 Å². The Morgan fingerprint density at radius 1 is 1.36 bits per heavy atom. The van der Waals surface area contributed by atoms with Gasteiger partial charge in [-0.1, -0.05) is 18.2 Å². The molecular formula is C10H12F2O2. The predicted octanol–water partition coefficient (Wildman–Crippen LogP) is 2.21. The van der Waals surface area contributed by atoms with Crippen LogP contribution in [0.25, 0.3) is 0 Å². The van der Waals surface area contributed by atoms with Crippen LogP contribution in [0, 0.1) is 0 Å². The van der Waals surface area contributed by atoms with Gasteiger partial charge in [0.25, 0.3) is 0 Å². The number of aliphatic hydroxyl groups is 1. The first-order chi connectivity index (χ1) is 6.59. The fourth-order valence-corrected chi connectivity index (χ4v) is 1.20. The largest absolute Gasteiger partial charge is 0.435 e. The fourth-order valence-electron chi connectivity index (χ4n) is 1.20. The average Bonchev–Trinajstić information content (AvgIpc) is 2.06. The molecule has 0 aliphatic rings. The minimum absolute atomic E-state index is 0.128. The third-order valence-electron chi connectivity index (χ3n) is 1.70. The van der Waals surface area contributed by atoms with E-state index in [4.69, 9.17) is 5.11 Å². The molecule has 0 unspecified atom stereocenters. The number of hydrogen-bond acceptors (Lipinski definition) is 2. The molecule has 0 aliphatic carbocycles. The van der Waals surface area contributed by atoms with Gasteiger partial charge in [-0.15, -0.1) is 0 Å². The van der Waals surface area contributed by atoms with Crippen molar-refractivity contribution < 1.29 is 18.6 Å². The standard InChI is InChI=1S/C10H12F2O2/c1-7(13)6-8-4-2-3-5-9(8)14-10(11)12/h2-5,7,10,13H,6H2,1H3/t7-/m1/s1. The van der Waals surface area contributed by atoms with E-state index in [-0.39, 0.29) is 5.75 Å². The van der Waals surface area contributed by atoms with Crippen molar-refractivity contribution in [2.45, 2.75) is 26.1 Å². The van der Waals surface area contributed by atoms with Crippen molar-refractivity contribution in [3.05, 3.63) is 29.8 Å². The molecule has 0 fully saturated rings. The Kier molecular flexibility index (Phi) is 3.83. The number of rotatable bonds is 4. The van der Waals surface area contributed by atoms with Gasteiger partial charge in [0.2, 0.25) is 0 Å². The number of hydrogen-bond donors (Lipinski definition) is 1. The van der Waals surface area contributed by atoms with Gasteiger partial charge in [-0.2, -0.15) is 8.78 Å². The summed E-state index contributed by atoms with van der Waals surface area (Å²) in [6.07, 6.45) is -0.263. The molecule has 0 amide bonds. The van der Waals surface area contributed by atoms with E-state index < -0.39 is 12.7 Å². The molecule has 0 bridgehead atoms. The van der Waals surface area contributed by atoms with Crippen LogP contribution in [0.2, 0.25) is 0 Å². The molecule has 1 aromatic carbocycles. The third kappa shape index (κ3) is 3.30. The SMILES string of the molecule is C[C@@H](O)Cc1ccccc1OC(F)F. The summed E-state index contributed by atoms with van der Waals surface area (Å²) in [4.78, 5) is 0. The Morgan fingerprint density at radius 3 is 2.57 bits per heavy atom. The summed E-state index contributed by atoms with van der Waals surface area (Å²) < 4.78 is 28.2. The van der Waals surface area contributed by atoms with Crippen LogP contribution >= 0.6 is 0 Å². The van der Waals surface area contributed by atoms with Crippen LogP contribution < -0.4 is 4.74 Å². The van der Waals surface area contributed by atoms with E-state index in [0.29, 0.717) is 12.0 Å². The third-order valence-corrected chi connectivity index (χ3v) is 1.70. The van der Waals surface area contributed by atoms with Crippen molar-refractivity contribution in [3.8, 4) is 5.75 Å². The van der Waals surface area contributed by atoms with Crippen molar-refractivity contribution in [2.24, 2.45) is 0 Å². The van der Waals surface area contributed by atoms with Gasteiger partial charge < -0.3 is 9.84 Å². The Morgan fingerprint density at radius 2 is 2.00 bits per heavy atom. The van der Waals surface area contributed by atoms with Crippen molar-refractivity contribution in [2.75, 3.05) is 0 Å². The smallest absolute Gasteiger partial charge is 0.387 e. The summed E-state index contributed by atoms with van der Waals surface area (Å²) in [6, 6.07) is 6.45. The molecule has 0 saturated carbocycles. The van der Waals surface area contributed by atoms with Crippen LogP contribution in [0.5, 0.6) is 5.75 Å². The number of ether oxygens (including phenoxy) is 1. The number of para-hydroxylation sites is 1. The van der Waals surface area contributed by atoms with Gasteiger partial charge in [0, 0.05) is 6.42 Å². The molecule has 1 atom stereocenters. The first kappa shape index (κ1) is 10.9. The fraction of sp³-hybridized carbons (Fsp3) is 0.400. The van der Waals surface area contributed by atoms with Crippen molar-refractivity contribution >= 4 is 0 Å². The van der Waals surface area contributed by atoms with Crippen LogP contribution in [0.1, 0.15) is 12.5 Å². The number of halogens is 2. The number of aliphatic hydroxyl groups excluding tert-OH is 1. The molecule has 0 saturated heterocycles. The van der Waals surface area contributed by atoms with E-state index in [1.807, 2.05) is 0 Å². The molecule has 1 rings (SSSR count). The molecule has 1 aromatic rings. The highest BCUT2D eigenvalue weighted by Crippen LogP contribution is 2.21. The van der Waals surface area contributed by atoms with Crippen LogP contribution in [-0.2, 0) is 6.42 Å².